The van der Waals surface area contributed by atoms with Gasteiger partial charge >= 0.3 is 0 Å². The van der Waals surface area contributed by atoms with E-state index in [1.54, 1.807) is 0 Å². The van der Waals surface area contributed by atoms with Gasteiger partial charge in [0.05, 0.1) is 0 Å². The van der Waals surface area contributed by atoms with E-state index in [1.165, 1.54) is 25.7 Å². The standard InChI is InChI=1S/C14H28N4O/c1-4-15-13(19)10-17-14(16-5-2)18-12-8-6-11(3)7-9-12/h11-12H,4-10H2,1-3H3,(H,15,19)(H2,16,17,18). The van der Waals surface area contributed by atoms with E-state index in [0.29, 0.717) is 12.6 Å². The lowest BCUT2D eigenvalue weighted by Crippen LogP contribution is -2.45. The van der Waals surface area contributed by atoms with E-state index in [4.69, 9.17) is 0 Å². The smallest absolute Gasteiger partial charge is 0.241 e. The van der Waals surface area contributed by atoms with Gasteiger partial charge < -0.3 is 16.0 Å². The van der Waals surface area contributed by atoms with Crippen molar-refractivity contribution in [2.75, 3.05) is 19.6 Å². The van der Waals surface area contributed by atoms with Crippen LogP contribution in [0, 0.1) is 5.92 Å². The van der Waals surface area contributed by atoms with Crippen molar-refractivity contribution >= 4 is 11.9 Å². The number of nitrogens with zero attached hydrogens (tertiary/aromatic N) is 1. The number of likely N-dealkylation sites (N-methyl/N-ethyl adjacent to an activating group) is 1. The van der Waals surface area contributed by atoms with Gasteiger partial charge in [0, 0.05) is 19.1 Å². The lowest BCUT2D eigenvalue weighted by atomic mass is 9.87. The molecule has 0 unspecified atom stereocenters. The van der Waals surface area contributed by atoms with Gasteiger partial charge in [-0.1, -0.05) is 6.92 Å². The molecule has 0 atom stereocenters. The predicted molar refractivity (Wildman–Crippen MR) is 79.2 cm³/mol. The third-order valence-electron chi connectivity index (χ3n) is 3.46. The van der Waals surface area contributed by atoms with Gasteiger partial charge in [-0.05, 0) is 45.4 Å². The molecule has 1 saturated carbocycles. The maximum absolute atomic E-state index is 11.4. The number of amides is 1. The Bertz CT molecular complexity index is 296. The molecule has 0 aromatic rings. The minimum absolute atomic E-state index is 0.0306. The van der Waals surface area contributed by atoms with Gasteiger partial charge in [-0.25, -0.2) is 4.99 Å². The molecule has 5 nitrogen and oxygen atoms in total. The summed E-state index contributed by atoms with van der Waals surface area (Å²) in [5.74, 6) is 1.57. The summed E-state index contributed by atoms with van der Waals surface area (Å²) < 4.78 is 0. The molecular weight excluding hydrogens is 240 g/mol. The molecule has 3 N–H and O–H groups in total. The van der Waals surface area contributed by atoms with Gasteiger partial charge in [0.25, 0.3) is 0 Å². The topological polar surface area (TPSA) is 65.5 Å². The highest BCUT2D eigenvalue weighted by molar-refractivity contribution is 5.85. The molecule has 0 aromatic carbocycles. The maximum atomic E-state index is 11.4. The lowest BCUT2D eigenvalue weighted by Gasteiger charge is -2.28. The van der Waals surface area contributed by atoms with Gasteiger partial charge in [0.15, 0.2) is 5.96 Å². The molecule has 0 aromatic heterocycles. The summed E-state index contributed by atoms with van der Waals surface area (Å²) in [4.78, 5) is 15.7. The molecule has 0 bridgehead atoms. The van der Waals surface area contributed by atoms with Crippen LogP contribution in [0.4, 0.5) is 0 Å². The normalized spacial score (nSPS) is 23.8. The lowest BCUT2D eigenvalue weighted by molar-refractivity contribution is -0.119. The van der Waals surface area contributed by atoms with Crippen molar-refractivity contribution in [2.24, 2.45) is 10.9 Å². The fourth-order valence-electron chi connectivity index (χ4n) is 2.32. The Morgan fingerprint density at radius 2 is 1.74 bits per heavy atom. The van der Waals surface area contributed by atoms with Crippen molar-refractivity contribution in [2.45, 2.75) is 52.5 Å². The summed E-state index contributed by atoms with van der Waals surface area (Å²) in [5, 5.41) is 9.38. The van der Waals surface area contributed by atoms with Crippen LogP contribution in [0.25, 0.3) is 0 Å². The highest BCUT2D eigenvalue weighted by atomic mass is 16.1. The Morgan fingerprint density at radius 1 is 1.11 bits per heavy atom. The molecule has 1 rings (SSSR count). The third kappa shape index (κ3) is 6.45. The number of aliphatic imine (C=N–C) groups is 1. The Hall–Kier alpha value is -1.26. The average molecular weight is 268 g/mol. The van der Waals surface area contributed by atoms with E-state index >= 15 is 0 Å². The van der Waals surface area contributed by atoms with Gasteiger partial charge in [0.2, 0.25) is 5.91 Å². The van der Waals surface area contributed by atoms with E-state index < -0.39 is 0 Å². The summed E-state index contributed by atoms with van der Waals surface area (Å²) in [6.45, 7) is 7.90. The zero-order chi connectivity index (χ0) is 14.1. The highest BCUT2D eigenvalue weighted by Gasteiger charge is 2.18. The highest BCUT2D eigenvalue weighted by Crippen LogP contribution is 2.23. The quantitative estimate of drug-likeness (QED) is 0.519. The Morgan fingerprint density at radius 3 is 2.32 bits per heavy atom. The Labute approximate surface area is 116 Å². The summed E-state index contributed by atoms with van der Waals surface area (Å²) in [6.07, 6.45) is 4.92. The van der Waals surface area contributed by atoms with Crippen molar-refractivity contribution in [3.63, 3.8) is 0 Å². The minimum Gasteiger partial charge on any atom is -0.357 e. The molecule has 1 fully saturated rings. The number of hydrogen-bond acceptors (Lipinski definition) is 2. The van der Waals surface area contributed by atoms with Crippen molar-refractivity contribution in [1.82, 2.24) is 16.0 Å². The van der Waals surface area contributed by atoms with E-state index in [0.717, 1.165) is 18.4 Å². The number of hydrogen-bond donors (Lipinski definition) is 3. The fraction of sp³-hybridized carbons (Fsp3) is 0.857. The van der Waals surface area contributed by atoms with Crippen LogP contribution in [0.1, 0.15) is 46.5 Å². The molecule has 19 heavy (non-hydrogen) atoms. The molecular formula is C14H28N4O. The van der Waals surface area contributed by atoms with Crippen molar-refractivity contribution in [3.8, 4) is 0 Å². The molecule has 0 saturated heterocycles. The summed E-state index contributed by atoms with van der Waals surface area (Å²) in [6, 6.07) is 0.489. The molecule has 5 heteroatoms. The van der Waals surface area contributed by atoms with E-state index in [9.17, 15) is 4.79 Å². The van der Waals surface area contributed by atoms with Crippen LogP contribution < -0.4 is 16.0 Å². The zero-order valence-electron chi connectivity index (χ0n) is 12.5. The molecule has 0 spiro atoms. The molecule has 110 valence electrons. The first kappa shape index (κ1) is 15.8. The number of guanidine groups is 1. The first-order valence-corrected chi connectivity index (χ1v) is 7.47. The van der Waals surface area contributed by atoms with Crippen LogP contribution in [0.2, 0.25) is 0 Å². The predicted octanol–water partition coefficient (Wildman–Crippen LogP) is 1.26. The minimum atomic E-state index is -0.0306. The van der Waals surface area contributed by atoms with Crippen molar-refractivity contribution < 1.29 is 4.79 Å². The molecule has 1 aliphatic rings. The van der Waals surface area contributed by atoms with Crippen molar-refractivity contribution in [1.29, 1.82) is 0 Å². The fourth-order valence-corrected chi connectivity index (χ4v) is 2.32. The van der Waals surface area contributed by atoms with Gasteiger partial charge in [-0.15, -0.1) is 0 Å². The van der Waals surface area contributed by atoms with Gasteiger partial charge in [0.1, 0.15) is 6.54 Å². The van der Waals surface area contributed by atoms with E-state index in [1.807, 2.05) is 13.8 Å². The number of carbonyl (C=O) groups excluding carboxylic acids is 1. The zero-order valence-corrected chi connectivity index (χ0v) is 12.5. The second kappa shape index (κ2) is 8.77. The van der Waals surface area contributed by atoms with Crippen LogP contribution in [0.3, 0.4) is 0 Å². The molecule has 0 aliphatic heterocycles. The number of carbonyl (C=O) groups is 1. The van der Waals surface area contributed by atoms with Gasteiger partial charge in [-0.2, -0.15) is 0 Å². The average Bonchev–Trinajstić information content (AvgIpc) is 2.39. The van der Waals surface area contributed by atoms with E-state index in [2.05, 4.69) is 27.9 Å². The van der Waals surface area contributed by atoms with Crippen LogP contribution >= 0.6 is 0 Å². The molecule has 1 amide bonds. The second-order valence-electron chi connectivity index (χ2n) is 5.25. The Balaban J connectivity index is 2.42. The maximum Gasteiger partial charge on any atom is 0.241 e. The summed E-state index contributed by atoms with van der Waals surface area (Å²) in [5.41, 5.74) is 0. The first-order chi connectivity index (χ1) is 9.15. The summed E-state index contributed by atoms with van der Waals surface area (Å²) >= 11 is 0. The second-order valence-corrected chi connectivity index (χ2v) is 5.25. The number of rotatable bonds is 5. The Kier molecular flexibility index (Phi) is 7.30. The third-order valence-corrected chi connectivity index (χ3v) is 3.46. The largest absolute Gasteiger partial charge is 0.357 e. The van der Waals surface area contributed by atoms with Gasteiger partial charge in [-0.3, -0.25) is 4.79 Å². The van der Waals surface area contributed by atoms with E-state index in [-0.39, 0.29) is 12.5 Å². The molecule has 1 aliphatic carbocycles. The van der Waals surface area contributed by atoms with Crippen LogP contribution in [-0.4, -0.2) is 37.5 Å². The van der Waals surface area contributed by atoms with Crippen LogP contribution in [0.5, 0.6) is 0 Å². The summed E-state index contributed by atoms with van der Waals surface area (Å²) in [7, 11) is 0. The van der Waals surface area contributed by atoms with Crippen LogP contribution in [0.15, 0.2) is 4.99 Å². The SMILES string of the molecule is CCNC(=O)CN=C(NCC)NC1CCC(C)CC1. The number of nitrogens with one attached hydrogen (secondary N) is 3. The molecule has 0 radical (unpaired) electrons. The monoisotopic (exact) mass is 268 g/mol. The van der Waals surface area contributed by atoms with Crippen LogP contribution in [-0.2, 0) is 4.79 Å². The molecule has 0 heterocycles. The van der Waals surface area contributed by atoms with Crippen molar-refractivity contribution in [3.05, 3.63) is 0 Å². The first-order valence-electron chi connectivity index (χ1n) is 7.47.